The maximum atomic E-state index is 10.6. The van der Waals surface area contributed by atoms with Gasteiger partial charge in [0.25, 0.3) is 0 Å². The highest BCUT2D eigenvalue weighted by Gasteiger charge is 2.13. The van der Waals surface area contributed by atoms with Gasteiger partial charge in [-0.05, 0) is 7.05 Å². The smallest absolute Gasteiger partial charge is 0.343 e. The summed E-state index contributed by atoms with van der Waals surface area (Å²) in [5.74, 6) is -0.434. The normalized spacial score (nSPS) is 11.2. The van der Waals surface area contributed by atoms with Gasteiger partial charge < -0.3 is 20.4 Å². The molecule has 0 aliphatic rings. The summed E-state index contributed by atoms with van der Waals surface area (Å²) in [6.45, 7) is 0.0556. The van der Waals surface area contributed by atoms with Crippen LogP contribution in [0.3, 0.4) is 0 Å². The number of carbonyl (C=O) groups excluding carboxylic acids is 1. The maximum Gasteiger partial charge on any atom is 0.344 e. The molecule has 4 N–H and O–H groups in total. The second kappa shape index (κ2) is 4.46. The molecule has 0 aromatic heterocycles. The molecule has 66 valence electrons. The Labute approximate surface area is 64.1 Å². The second-order valence-corrected chi connectivity index (χ2v) is 3.60. The van der Waals surface area contributed by atoms with Crippen molar-refractivity contribution in [1.29, 1.82) is 0 Å². The van der Waals surface area contributed by atoms with Gasteiger partial charge in [-0.15, -0.1) is 0 Å². The van der Waals surface area contributed by atoms with Crippen molar-refractivity contribution in [2.24, 2.45) is 0 Å². The molecule has 0 rings (SSSR count). The van der Waals surface area contributed by atoms with Crippen molar-refractivity contribution in [3.63, 3.8) is 0 Å². The molecule has 0 saturated heterocycles. The van der Waals surface area contributed by atoms with Crippen LogP contribution in [-0.2, 0) is 9.36 Å². The number of carbonyl (C=O) groups is 1. The summed E-state index contributed by atoms with van der Waals surface area (Å²) < 4.78 is 10.2. The predicted octanol–water partition coefficient (Wildman–Crippen LogP) is -1.54. The lowest BCUT2D eigenvalue weighted by molar-refractivity contribution is -0.119. The molecule has 0 saturated carbocycles. The van der Waals surface area contributed by atoms with E-state index in [9.17, 15) is 9.36 Å². The molecule has 0 unspecified atom stereocenters. The van der Waals surface area contributed by atoms with Gasteiger partial charge in [-0.2, -0.15) is 0 Å². The third kappa shape index (κ3) is 7.48. The molecule has 6 nitrogen and oxygen atoms in total. The average Bonchev–Trinajstić information content (AvgIpc) is 1.83. The molecule has 0 bridgehead atoms. The first-order valence-electron chi connectivity index (χ1n) is 2.91. The van der Waals surface area contributed by atoms with E-state index < -0.39 is 19.8 Å². The molecule has 0 aromatic carbocycles. The molecule has 0 heterocycles. The summed E-state index contributed by atoms with van der Waals surface area (Å²) in [7, 11) is -2.54. The van der Waals surface area contributed by atoms with Crippen LogP contribution < -0.4 is 10.6 Å². The van der Waals surface area contributed by atoms with Crippen LogP contribution in [0.5, 0.6) is 0 Å². The summed E-state index contributed by atoms with van der Waals surface area (Å²) in [6.07, 6.45) is -0.604. The van der Waals surface area contributed by atoms with Crippen molar-refractivity contribution in [2.45, 2.75) is 0 Å². The first-order valence-corrected chi connectivity index (χ1v) is 4.71. The number of amides is 1. The number of hydrogen-bond acceptors (Lipinski definition) is 3. The van der Waals surface area contributed by atoms with Gasteiger partial charge in [0.05, 0.1) is 6.54 Å². The van der Waals surface area contributed by atoms with E-state index in [-0.39, 0.29) is 6.54 Å². The molecule has 0 aliphatic heterocycles. The van der Waals surface area contributed by atoms with Crippen LogP contribution in [0.25, 0.3) is 0 Å². The SMILES string of the molecule is CNCC(=O)NCP(=O)(O)O. The largest absolute Gasteiger partial charge is 0.344 e. The molecule has 0 fully saturated rings. The Balaban J connectivity index is 3.55. The first-order chi connectivity index (χ1) is 4.95. The Bertz CT molecular complexity index is 177. The van der Waals surface area contributed by atoms with Gasteiger partial charge in [0.2, 0.25) is 5.91 Å². The van der Waals surface area contributed by atoms with Crippen LogP contribution in [0.4, 0.5) is 0 Å². The summed E-state index contributed by atoms with van der Waals surface area (Å²) >= 11 is 0. The minimum absolute atomic E-state index is 0.0556. The van der Waals surface area contributed by atoms with Crippen LogP contribution in [0.2, 0.25) is 0 Å². The Hall–Kier alpha value is -0.420. The number of rotatable bonds is 4. The number of nitrogens with one attached hydrogen (secondary N) is 2. The highest BCUT2D eigenvalue weighted by molar-refractivity contribution is 7.51. The quantitative estimate of drug-likeness (QED) is 0.395. The third-order valence-electron chi connectivity index (χ3n) is 0.820. The van der Waals surface area contributed by atoms with E-state index >= 15 is 0 Å². The van der Waals surface area contributed by atoms with Crippen molar-refractivity contribution in [3.05, 3.63) is 0 Å². The summed E-state index contributed by atoms with van der Waals surface area (Å²) in [5, 5.41) is 4.60. The predicted molar refractivity (Wildman–Crippen MR) is 39.0 cm³/mol. The summed E-state index contributed by atoms with van der Waals surface area (Å²) in [6, 6.07) is 0. The monoisotopic (exact) mass is 182 g/mol. The average molecular weight is 182 g/mol. The molecule has 0 aliphatic carbocycles. The molecular weight excluding hydrogens is 171 g/mol. The Morgan fingerprint density at radius 2 is 2.09 bits per heavy atom. The first kappa shape index (κ1) is 10.6. The highest BCUT2D eigenvalue weighted by atomic mass is 31.2. The van der Waals surface area contributed by atoms with Crippen LogP contribution in [0, 0.1) is 0 Å². The zero-order chi connectivity index (χ0) is 8.91. The fourth-order valence-electron chi connectivity index (χ4n) is 0.414. The van der Waals surface area contributed by atoms with Crippen molar-refractivity contribution in [1.82, 2.24) is 10.6 Å². The lowest BCUT2D eigenvalue weighted by atomic mass is 10.6. The molecule has 0 radical (unpaired) electrons. The molecule has 0 aromatic rings. The van der Waals surface area contributed by atoms with Crippen molar-refractivity contribution < 1.29 is 19.1 Å². The molecular formula is C4H11N2O4P. The minimum atomic E-state index is -4.10. The van der Waals surface area contributed by atoms with Crippen molar-refractivity contribution >= 4 is 13.5 Å². The molecule has 0 atom stereocenters. The zero-order valence-electron chi connectivity index (χ0n) is 6.07. The van der Waals surface area contributed by atoms with Gasteiger partial charge in [0.15, 0.2) is 0 Å². The zero-order valence-corrected chi connectivity index (χ0v) is 6.97. The van der Waals surface area contributed by atoms with Gasteiger partial charge in [0, 0.05) is 0 Å². The lowest BCUT2D eigenvalue weighted by Gasteiger charge is -2.05. The maximum absolute atomic E-state index is 10.6. The van der Waals surface area contributed by atoms with E-state index in [2.05, 4.69) is 10.6 Å². The Kier molecular flexibility index (Phi) is 4.29. The fraction of sp³-hybridized carbons (Fsp3) is 0.750. The van der Waals surface area contributed by atoms with E-state index in [1.807, 2.05) is 0 Å². The number of hydrogen-bond donors (Lipinski definition) is 4. The summed E-state index contributed by atoms with van der Waals surface area (Å²) in [4.78, 5) is 27.2. The third-order valence-corrected chi connectivity index (χ3v) is 1.39. The standard InChI is InChI=1S/C4H11N2O4P/c1-5-2-4(7)6-3-11(8,9)10/h5H,2-3H2,1H3,(H,6,7)(H2,8,9,10). The van der Waals surface area contributed by atoms with Crippen LogP contribution in [0.1, 0.15) is 0 Å². The van der Waals surface area contributed by atoms with E-state index in [1.54, 1.807) is 7.05 Å². The van der Waals surface area contributed by atoms with Crippen LogP contribution in [0.15, 0.2) is 0 Å². The molecule has 7 heteroatoms. The van der Waals surface area contributed by atoms with Gasteiger partial charge in [-0.1, -0.05) is 0 Å². The lowest BCUT2D eigenvalue weighted by Crippen LogP contribution is -2.32. The van der Waals surface area contributed by atoms with E-state index in [0.717, 1.165) is 0 Å². The Morgan fingerprint density at radius 3 is 2.45 bits per heavy atom. The molecule has 11 heavy (non-hydrogen) atoms. The minimum Gasteiger partial charge on any atom is -0.343 e. The van der Waals surface area contributed by atoms with Crippen LogP contribution in [-0.4, -0.2) is 35.6 Å². The fourth-order valence-corrected chi connectivity index (χ4v) is 0.797. The van der Waals surface area contributed by atoms with Crippen LogP contribution >= 0.6 is 7.60 Å². The van der Waals surface area contributed by atoms with Gasteiger partial charge in [-0.3, -0.25) is 9.36 Å². The second-order valence-electron chi connectivity index (χ2n) is 1.95. The highest BCUT2D eigenvalue weighted by Crippen LogP contribution is 2.31. The van der Waals surface area contributed by atoms with Crippen molar-refractivity contribution in [2.75, 3.05) is 19.9 Å². The van der Waals surface area contributed by atoms with Gasteiger partial charge in [-0.25, -0.2) is 0 Å². The number of likely N-dealkylation sites (N-methyl/N-ethyl adjacent to an activating group) is 1. The topological polar surface area (TPSA) is 98.7 Å². The Morgan fingerprint density at radius 1 is 1.55 bits per heavy atom. The van der Waals surface area contributed by atoms with Gasteiger partial charge in [0.1, 0.15) is 6.29 Å². The summed E-state index contributed by atoms with van der Waals surface area (Å²) in [5.41, 5.74) is 0. The van der Waals surface area contributed by atoms with Crippen molar-refractivity contribution in [3.8, 4) is 0 Å². The van der Waals surface area contributed by atoms with Gasteiger partial charge >= 0.3 is 7.60 Å². The van der Waals surface area contributed by atoms with E-state index in [0.29, 0.717) is 0 Å². The molecule has 1 amide bonds. The van der Waals surface area contributed by atoms with E-state index in [4.69, 9.17) is 9.79 Å². The van der Waals surface area contributed by atoms with E-state index in [1.165, 1.54) is 0 Å². The molecule has 0 spiro atoms.